The van der Waals surface area contributed by atoms with Crippen LogP contribution in [0.4, 0.5) is 0 Å². The lowest BCUT2D eigenvalue weighted by Gasteiger charge is -2.09. The van der Waals surface area contributed by atoms with E-state index < -0.39 is 0 Å². The van der Waals surface area contributed by atoms with Crippen LogP contribution in [-0.4, -0.2) is 22.1 Å². The van der Waals surface area contributed by atoms with Gasteiger partial charge < -0.3 is 5.32 Å². The summed E-state index contributed by atoms with van der Waals surface area (Å²) in [5, 5.41) is 3.48. The summed E-state index contributed by atoms with van der Waals surface area (Å²) >= 11 is 0. The molecule has 1 fully saturated rings. The van der Waals surface area contributed by atoms with Gasteiger partial charge in [-0.15, -0.1) is 0 Å². The highest BCUT2D eigenvalue weighted by Gasteiger charge is 2.19. The van der Waals surface area contributed by atoms with Crippen LogP contribution in [-0.2, 0) is 6.54 Å². The summed E-state index contributed by atoms with van der Waals surface area (Å²) in [6.07, 6.45) is 4.82. The van der Waals surface area contributed by atoms with Gasteiger partial charge in [0.15, 0.2) is 0 Å². The molecule has 4 nitrogen and oxygen atoms in total. The first-order chi connectivity index (χ1) is 8.16. The van der Waals surface area contributed by atoms with Crippen LogP contribution in [0, 0.1) is 13.8 Å². The van der Waals surface area contributed by atoms with Crippen LogP contribution in [0.1, 0.15) is 37.2 Å². The number of unbranched alkanes of at least 4 members (excludes halogenated alkanes) is 1. The van der Waals surface area contributed by atoms with Gasteiger partial charge in [0.2, 0.25) is 0 Å². The normalized spacial score (nSPS) is 15.2. The molecule has 94 valence electrons. The molecule has 2 rings (SSSR count). The molecule has 0 unspecified atom stereocenters. The van der Waals surface area contributed by atoms with E-state index in [2.05, 4.69) is 10.3 Å². The predicted octanol–water partition coefficient (Wildman–Crippen LogP) is 1.39. The van der Waals surface area contributed by atoms with Crippen LogP contribution in [0.15, 0.2) is 10.9 Å². The minimum Gasteiger partial charge on any atom is -0.314 e. The molecular formula is C13H21N3O. The third kappa shape index (κ3) is 3.66. The zero-order chi connectivity index (χ0) is 12.3. The Morgan fingerprint density at radius 2 is 2.18 bits per heavy atom. The van der Waals surface area contributed by atoms with Crippen LogP contribution in [0.5, 0.6) is 0 Å². The Bertz CT molecular complexity index is 435. The van der Waals surface area contributed by atoms with Crippen LogP contribution in [0.3, 0.4) is 0 Å². The van der Waals surface area contributed by atoms with E-state index in [1.165, 1.54) is 12.8 Å². The second kappa shape index (κ2) is 5.45. The van der Waals surface area contributed by atoms with Crippen molar-refractivity contribution < 1.29 is 0 Å². The summed E-state index contributed by atoms with van der Waals surface area (Å²) in [6.45, 7) is 5.61. The van der Waals surface area contributed by atoms with Crippen molar-refractivity contribution >= 4 is 0 Å². The molecular weight excluding hydrogens is 214 g/mol. The Labute approximate surface area is 102 Å². The molecule has 0 amide bonds. The molecule has 1 aliphatic rings. The molecule has 0 radical (unpaired) electrons. The SMILES string of the molecule is Cc1cc(=O)n(CCCCNC2CC2)c(C)n1. The number of nitrogens with zero attached hydrogens (tertiary/aromatic N) is 2. The second-order valence-electron chi connectivity index (χ2n) is 4.87. The Morgan fingerprint density at radius 3 is 2.82 bits per heavy atom. The Hall–Kier alpha value is -1.16. The van der Waals surface area contributed by atoms with Gasteiger partial charge in [-0.25, -0.2) is 4.98 Å². The second-order valence-corrected chi connectivity index (χ2v) is 4.87. The van der Waals surface area contributed by atoms with Gasteiger partial charge in [-0.1, -0.05) is 0 Å². The first-order valence-electron chi connectivity index (χ1n) is 6.45. The van der Waals surface area contributed by atoms with E-state index in [9.17, 15) is 4.79 Å². The van der Waals surface area contributed by atoms with E-state index in [4.69, 9.17) is 0 Å². The molecule has 0 spiro atoms. The van der Waals surface area contributed by atoms with Gasteiger partial charge in [-0.05, 0) is 46.1 Å². The molecule has 17 heavy (non-hydrogen) atoms. The smallest absolute Gasteiger partial charge is 0.253 e. The maximum absolute atomic E-state index is 11.8. The molecule has 0 atom stereocenters. The van der Waals surface area contributed by atoms with Gasteiger partial charge in [0.05, 0.1) is 0 Å². The van der Waals surface area contributed by atoms with E-state index in [0.717, 1.165) is 43.5 Å². The Balaban J connectivity index is 1.79. The standard InChI is InChI=1S/C13H21N3O/c1-10-9-13(17)16(11(2)15-10)8-4-3-7-14-12-5-6-12/h9,12,14H,3-8H2,1-2H3. The number of nitrogens with one attached hydrogen (secondary N) is 1. The predicted molar refractivity (Wildman–Crippen MR) is 68.2 cm³/mol. The van der Waals surface area contributed by atoms with E-state index in [1.807, 2.05) is 13.8 Å². The quantitative estimate of drug-likeness (QED) is 0.758. The molecule has 0 bridgehead atoms. The van der Waals surface area contributed by atoms with Crippen molar-refractivity contribution in [3.63, 3.8) is 0 Å². The fourth-order valence-corrected chi connectivity index (χ4v) is 2.02. The summed E-state index contributed by atoms with van der Waals surface area (Å²) in [5.74, 6) is 0.824. The Kier molecular flexibility index (Phi) is 3.94. The van der Waals surface area contributed by atoms with Crippen LogP contribution < -0.4 is 10.9 Å². The largest absolute Gasteiger partial charge is 0.314 e. The van der Waals surface area contributed by atoms with Crippen molar-refractivity contribution in [3.8, 4) is 0 Å². The van der Waals surface area contributed by atoms with Gasteiger partial charge in [0.25, 0.3) is 5.56 Å². The highest BCUT2D eigenvalue weighted by molar-refractivity contribution is 5.01. The van der Waals surface area contributed by atoms with Crippen molar-refractivity contribution in [1.29, 1.82) is 0 Å². The van der Waals surface area contributed by atoms with E-state index in [1.54, 1.807) is 10.6 Å². The molecule has 1 saturated carbocycles. The van der Waals surface area contributed by atoms with Crippen molar-refractivity contribution in [2.45, 2.75) is 52.1 Å². The minimum atomic E-state index is 0.0742. The Morgan fingerprint density at radius 1 is 1.41 bits per heavy atom. The number of hydrogen-bond donors (Lipinski definition) is 1. The summed E-state index contributed by atoms with van der Waals surface area (Å²) in [7, 11) is 0. The third-order valence-corrected chi connectivity index (χ3v) is 3.15. The lowest BCUT2D eigenvalue weighted by molar-refractivity contribution is 0.542. The monoisotopic (exact) mass is 235 g/mol. The maximum atomic E-state index is 11.8. The summed E-state index contributed by atoms with van der Waals surface area (Å²) in [6, 6.07) is 2.38. The molecule has 0 saturated heterocycles. The lowest BCUT2D eigenvalue weighted by atomic mass is 10.3. The molecule has 4 heteroatoms. The molecule has 0 aromatic carbocycles. The molecule has 0 aliphatic heterocycles. The number of hydrogen-bond acceptors (Lipinski definition) is 3. The zero-order valence-corrected chi connectivity index (χ0v) is 10.7. The molecule has 1 aromatic heterocycles. The number of aryl methyl sites for hydroxylation is 2. The van der Waals surface area contributed by atoms with E-state index in [0.29, 0.717) is 0 Å². The summed E-state index contributed by atoms with van der Waals surface area (Å²) < 4.78 is 1.77. The van der Waals surface area contributed by atoms with Crippen LogP contribution >= 0.6 is 0 Å². The van der Waals surface area contributed by atoms with Gasteiger partial charge >= 0.3 is 0 Å². The van der Waals surface area contributed by atoms with Gasteiger partial charge in [0.1, 0.15) is 5.82 Å². The zero-order valence-electron chi connectivity index (χ0n) is 10.7. The summed E-state index contributed by atoms with van der Waals surface area (Å²) in [5.41, 5.74) is 0.879. The van der Waals surface area contributed by atoms with Crippen molar-refractivity contribution in [2.75, 3.05) is 6.54 Å². The minimum absolute atomic E-state index is 0.0742. The van der Waals surface area contributed by atoms with E-state index >= 15 is 0 Å². The molecule has 1 heterocycles. The number of rotatable bonds is 6. The van der Waals surface area contributed by atoms with Crippen LogP contribution in [0.25, 0.3) is 0 Å². The fourth-order valence-electron chi connectivity index (χ4n) is 2.02. The summed E-state index contributed by atoms with van der Waals surface area (Å²) in [4.78, 5) is 16.1. The maximum Gasteiger partial charge on any atom is 0.253 e. The fraction of sp³-hybridized carbons (Fsp3) is 0.692. The molecule has 1 N–H and O–H groups in total. The number of aromatic nitrogens is 2. The van der Waals surface area contributed by atoms with Crippen molar-refractivity contribution in [1.82, 2.24) is 14.9 Å². The molecule has 1 aliphatic carbocycles. The first-order valence-corrected chi connectivity index (χ1v) is 6.45. The highest BCUT2D eigenvalue weighted by atomic mass is 16.1. The average Bonchev–Trinajstić information content (AvgIpc) is 3.04. The third-order valence-electron chi connectivity index (χ3n) is 3.15. The first kappa shape index (κ1) is 12.3. The van der Waals surface area contributed by atoms with Crippen LogP contribution in [0.2, 0.25) is 0 Å². The van der Waals surface area contributed by atoms with Crippen molar-refractivity contribution in [3.05, 3.63) is 27.9 Å². The van der Waals surface area contributed by atoms with Gasteiger partial charge in [0, 0.05) is 24.3 Å². The van der Waals surface area contributed by atoms with E-state index in [-0.39, 0.29) is 5.56 Å². The van der Waals surface area contributed by atoms with Gasteiger partial charge in [-0.2, -0.15) is 0 Å². The lowest BCUT2D eigenvalue weighted by Crippen LogP contribution is -2.24. The van der Waals surface area contributed by atoms with Gasteiger partial charge in [-0.3, -0.25) is 9.36 Å². The topological polar surface area (TPSA) is 46.9 Å². The van der Waals surface area contributed by atoms with Crippen molar-refractivity contribution in [2.24, 2.45) is 0 Å². The highest BCUT2D eigenvalue weighted by Crippen LogP contribution is 2.18. The molecule has 1 aromatic rings. The average molecular weight is 235 g/mol.